The average Bonchev–Trinajstić information content (AvgIpc) is 3.24. The van der Waals surface area contributed by atoms with Gasteiger partial charge in [-0.25, -0.2) is 9.79 Å². The minimum atomic E-state index is -0.579. The van der Waals surface area contributed by atoms with E-state index in [9.17, 15) is 9.59 Å². The van der Waals surface area contributed by atoms with Crippen molar-refractivity contribution < 1.29 is 19.4 Å². The SMILES string of the molecule is CC1=C(C)N2C(=NC3C2C(=O)N(Cc2ccccc2)C(=O)N3C)N1CCOCCO. The van der Waals surface area contributed by atoms with Gasteiger partial charge in [0.05, 0.1) is 26.4 Å². The van der Waals surface area contributed by atoms with E-state index in [0.29, 0.717) is 19.1 Å². The van der Waals surface area contributed by atoms with Crippen LogP contribution in [0.2, 0.25) is 0 Å². The molecule has 0 radical (unpaired) electrons. The predicted molar refractivity (Wildman–Crippen MR) is 110 cm³/mol. The maximum absolute atomic E-state index is 13.4. The number of guanidine groups is 1. The molecular weight excluding hydrogens is 386 g/mol. The number of rotatable bonds is 7. The van der Waals surface area contributed by atoms with Crippen molar-refractivity contribution in [3.8, 4) is 0 Å². The Morgan fingerprint density at radius 3 is 2.50 bits per heavy atom. The number of hydrogen-bond donors (Lipinski definition) is 1. The molecule has 3 aliphatic rings. The lowest BCUT2D eigenvalue weighted by Crippen LogP contribution is -2.64. The topological polar surface area (TPSA) is 88.9 Å². The number of likely N-dealkylation sites (N-methyl/N-ethyl adjacent to an activating group) is 1. The van der Waals surface area contributed by atoms with Crippen molar-refractivity contribution in [3.05, 3.63) is 47.3 Å². The number of ether oxygens (including phenoxy) is 1. The Labute approximate surface area is 175 Å². The van der Waals surface area contributed by atoms with E-state index in [1.165, 1.54) is 4.90 Å². The van der Waals surface area contributed by atoms with Gasteiger partial charge in [0.1, 0.15) is 0 Å². The summed E-state index contributed by atoms with van der Waals surface area (Å²) in [7, 11) is 1.69. The van der Waals surface area contributed by atoms with Gasteiger partial charge in [0.25, 0.3) is 5.91 Å². The predicted octanol–water partition coefficient (Wildman–Crippen LogP) is 1.02. The third kappa shape index (κ3) is 3.23. The van der Waals surface area contributed by atoms with Crippen molar-refractivity contribution in [2.75, 3.05) is 33.4 Å². The molecule has 1 aromatic rings. The van der Waals surface area contributed by atoms with Crippen LogP contribution in [0.1, 0.15) is 19.4 Å². The molecule has 3 amide bonds. The molecule has 3 heterocycles. The van der Waals surface area contributed by atoms with Gasteiger partial charge in [-0.1, -0.05) is 30.3 Å². The molecule has 0 bridgehead atoms. The summed E-state index contributed by atoms with van der Waals surface area (Å²) in [6.45, 7) is 5.42. The summed E-state index contributed by atoms with van der Waals surface area (Å²) < 4.78 is 5.41. The van der Waals surface area contributed by atoms with E-state index in [0.717, 1.165) is 17.0 Å². The highest BCUT2D eigenvalue weighted by molar-refractivity contribution is 6.05. The van der Waals surface area contributed by atoms with Gasteiger partial charge >= 0.3 is 6.03 Å². The Bertz CT molecular complexity index is 900. The Morgan fingerprint density at radius 2 is 1.80 bits per heavy atom. The van der Waals surface area contributed by atoms with Crippen molar-refractivity contribution in [2.45, 2.75) is 32.6 Å². The molecule has 0 saturated carbocycles. The number of nitrogens with zero attached hydrogens (tertiary/aromatic N) is 5. The third-order valence-electron chi connectivity index (χ3n) is 5.88. The molecule has 30 heavy (non-hydrogen) atoms. The number of fused-ring (bicyclic) bond motifs is 3. The fourth-order valence-electron chi connectivity index (χ4n) is 4.18. The normalized spacial score (nSPS) is 23.4. The monoisotopic (exact) mass is 413 g/mol. The number of aliphatic hydroxyl groups is 1. The minimum Gasteiger partial charge on any atom is -0.394 e. The smallest absolute Gasteiger partial charge is 0.328 e. The first-order chi connectivity index (χ1) is 14.5. The van der Waals surface area contributed by atoms with Crippen LogP contribution in [-0.2, 0) is 16.1 Å². The number of carbonyl (C=O) groups is 2. The highest BCUT2D eigenvalue weighted by atomic mass is 16.5. The summed E-state index contributed by atoms with van der Waals surface area (Å²) in [6, 6.07) is 8.58. The summed E-state index contributed by atoms with van der Waals surface area (Å²) in [5.74, 6) is 0.429. The average molecular weight is 413 g/mol. The molecule has 2 unspecified atom stereocenters. The molecule has 1 N–H and O–H groups in total. The second-order valence-corrected chi connectivity index (χ2v) is 7.62. The van der Waals surface area contributed by atoms with Crippen LogP contribution in [0.25, 0.3) is 0 Å². The molecule has 160 valence electrons. The molecule has 2 atom stereocenters. The fraction of sp³-hybridized carbons (Fsp3) is 0.476. The summed E-state index contributed by atoms with van der Waals surface area (Å²) in [4.78, 5) is 37.9. The van der Waals surface area contributed by atoms with Crippen LogP contribution < -0.4 is 0 Å². The Hall–Kier alpha value is -2.91. The molecule has 1 fully saturated rings. The summed E-state index contributed by atoms with van der Waals surface area (Å²) in [6.07, 6.45) is -0.559. The van der Waals surface area contributed by atoms with Crippen molar-refractivity contribution in [1.29, 1.82) is 0 Å². The molecular formula is C21H27N5O4. The maximum Gasteiger partial charge on any atom is 0.328 e. The fourth-order valence-corrected chi connectivity index (χ4v) is 4.18. The molecule has 9 nitrogen and oxygen atoms in total. The van der Waals surface area contributed by atoms with E-state index >= 15 is 0 Å². The van der Waals surface area contributed by atoms with E-state index in [4.69, 9.17) is 14.8 Å². The number of aliphatic imine (C=N–C) groups is 1. The second-order valence-electron chi connectivity index (χ2n) is 7.62. The lowest BCUT2D eigenvalue weighted by atomic mass is 10.1. The van der Waals surface area contributed by atoms with E-state index in [1.54, 1.807) is 11.9 Å². The first-order valence-corrected chi connectivity index (χ1v) is 10.1. The zero-order valence-corrected chi connectivity index (χ0v) is 17.5. The van der Waals surface area contributed by atoms with Crippen molar-refractivity contribution in [1.82, 2.24) is 19.6 Å². The van der Waals surface area contributed by atoms with Crippen LogP contribution in [0.3, 0.4) is 0 Å². The number of urea groups is 1. The van der Waals surface area contributed by atoms with Crippen LogP contribution in [0.5, 0.6) is 0 Å². The Morgan fingerprint density at radius 1 is 1.07 bits per heavy atom. The maximum atomic E-state index is 13.4. The van der Waals surface area contributed by atoms with Crippen molar-refractivity contribution >= 4 is 17.9 Å². The van der Waals surface area contributed by atoms with E-state index in [1.807, 2.05) is 54.0 Å². The van der Waals surface area contributed by atoms with Crippen LogP contribution in [0, 0.1) is 0 Å². The second kappa shape index (κ2) is 8.08. The third-order valence-corrected chi connectivity index (χ3v) is 5.88. The van der Waals surface area contributed by atoms with Gasteiger partial charge in [-0.2, -0.15) is 0 Å². The lowest BCUT2D eigenvalue weighted by Gasteiger charge is -2.40. The number of hydrogen-bond acceptors (Lipinski definition) is 7. The lowest BCUT2D eigenvalue weighted by molar-refractivity contribution is -0.137. The largest absolute Gasteiger partial charge is 0.394 e. The standard InChI is InChI=1S/C21H27N5O4/c1-14-15(2)26-17-18(22-20(26)24(14)9-11-30-12-10-27)23(3)21(29)25(19(17)28)13-16-7-5-4-6-8-16/h4-8,17-18,27H,9-13H2,1-3H3. The summed E-state index contributed by atoms with van der Waals surface area (Å²) >= 11 is 0. The first kappa shape index (κ1) is 20.4. The van der Waals surface area contributed by atoms with E-state index < -0.39 is 12.2 Å². The highest BCUT2D eigenvalue weighted by Crippen LogP contribution is 2.37. The number of aliphatic hydroxyl groups excluding tert-OH is 1. The van der Waals surface area contributed by atoms with Gasteiger partial charge in [0, 0.05) is 25.0 Å². The van der Waals surface area contributed by atoms with Gasteiger partial charge in [-0.3, -0.25) is 14.6 Å². The Balaban J connectivity index is 1.58. The van der Waals surface area contributed by atoms with Gasteiger partial charge in [0.2, 0.25) is 5.96 Å². The minimum absolute atomic E-state index is 0.0241. The van der Waals surface area contributed by atoms with Crippen LogP contribution in [0.4, 0.5) is 4.79 Å². The molecule has 1 aromatic carbocycles. The quantitative estimate of drug-likeness (QED) is 0.672. The molecule has 0 spiro atoms. The van der Waals surface area contributed by atoms with Crippen LogP contribution >= 0.6 is 0 Å². The highest BCUT2D eigenvalue weighted by Gasteiger charge is 2.55. The molecule has 3 aliphatic heterocycles. The first-order valence-electron chi connectivity index (χ1n) is 10.1. The number of carbonyl (C=O) groups excluding carboxylic acids is 2. The number of benzene rings is 1. The van der Waals surface area contributed by atoms with E-state index in [-0.39, 0.29) is 31.7 Å². The van der Waals surface area contributed by atoms with Gasteiger partial charge in [-0.05, 0) is 19.4 Å². The molecule has 4 rings (SSSR count). The summed E-state index contributed by atoms with van der Waals surface area (Å²) in [5, 5.41) is 8.90. The number of imide groups is 1. The van der Waals surface area contributed by atoms with Gasteiger partial charge in [0.15, 0.2) is 12.2 Å². The summed E-state index contributed by atoms with van der Waals surface area (Å²) in [5.41, 5.74) is 2.85. The molecule has 0 aromatic heterocycles. The van der Waals surface area contributed by atoms with Gasteiger partial charge < -0.3 is 19.6 Å². The molecule has 1 saturated heterocycles. The zero-order chi connectivity index (χ0) is 21.4. The number of amides is 3. The molecule has 0 aliphatic carbocycles. The van der Waals surface area contributed by atoms with Crippen LogP contribution in [-0.4, -0.2) is 88.2 Å². The van der Waals surface area contributed by atoms with Gasteiger partial charge in [-0.15, -0.1) is 0 Å². The zero-order valence-electron chi connectivity index (χ0n) is 17.5. The van der Waals surface area contributed by atoms with E-state index in [2.05, 4.69) is 0 Å². The van der Waals surface area contributed by atoms with Crippen molar-refractivity contribution in [2.24, 2.45) is 4.99 Å². The molecule has 9 heteroatoms. The van der Waals surface area contributed by atoms with Crippen molar-refractivity contribution in [3.63, 3.8) is 0 Å². The van der Waals surface area contributed by atoms with Crippen LogP contribution in [0.15, 0.2) is 46.7 Å². The Kier molecular flexibility index (Phi) is 5.48. The number of allylic oxidation sites excluding steroid dienone is 2.